The molecule has 0 bridgehead atoms. The Bertz CT molecular complexity index is 1150. The van der Waals surface area contributed by atoms with Gasteiger partial charge in [-0.05, 0) is 54.9 Å². The van der Waals surface area contributed by atoms with Crippen LogP contribution in [0.25, 0.3) is 11.3 Å². The molecule has 2 amide bonds. The Balaban J connectivity index is 1.96. The van der Waals surface area contributed by atoms with E-state index in [0.717, 1.165) is 0 Å². The number of aromatic nitrogens is 1. The molecular weight excluding hydrogens is 505 g/mol. The van der Waals surface area contributed by atoms with Crippen molar-refractivity contribution in [2.75, 3.05) is 45.2 Å². The molecule has 8 nitrogen and oxygen atoms in total. The predicted octanol–water partition coefficient (Wildman–Crippen LogP) is 4.28. The van der Waals surface area contributed by atoms with Gasteiger partial charge in [-0.1, -0.05) is 6.07 Å². The lowest BCUT2D eigenvalue weighted by atomic mass is 10.1. The van der Waals surface area contributed by atoms with Crippen LogP contribution < -0.4 is 4.90 Å². The van der Waals surface area contributed by atoms with E-state index in [1.165, 1.54) is 17.0 Å². The number of carbonyl (C=O) groups is 2. The van der Waals surface area contributed by atoms with Crippen LogP contribution >= 0.6 is 15.9 Å². The number of nitrogens with zero attached hydrogens (tertiary/aromatic N) is 5. The van der Waals surface area contributed by atoms with E-state index >= 15 is 0 Å². The lowest BCUT2D eigenvalue weighted by molar-refractivity contribution is 0.0240. The van der Waals surface area contributed by atoms with E-state index in [-0.39, 0.29) is 17.6 Å². The second kappa shape index (κ2) is 9.97. The molecule has 0 unspecified atom stereocenters. The normalized spacial score (nSPS) is 13.9. The number of hydrogen-bond acceptors (Lipinski definition) is 6. The molecule has 180 valence electrons. The lowest BCUT2D eigenvalue weighted by Gasteiger charge is -2.37. The zero-order valence-electron chi connectivity index (χ0n) is 19.9. The highest BCUT2D eigenvalue weighted by Crippen LogP contribution is 2.33. The fourth-order valence-electron chi connectivity index (χ4n) is 3.50. The van der Waals surface area contributed by atoms with Crippen LogP contribution in [0.5, 0.6) is 0 Å². The van der Waals surface area contributed by atoms with Gasteiger partial charge in [-0.25, -0.2) is 14.2 Å². The van der Waals surface area contributed by atoms with Crippen LogP contribution in [-0.2, 0) is 4.74 Å². The Morgan fingerprint density at radius 1 is 1.18 bits per heavy atom. The summed E-state index contributed by atoms with van der Waals surface area (Å²) >= 11 is 3.47. The summed E-state index contributed by atoms with van der Waals surface area (Å²) in [6.07, 6.45) is -0.380. The fraction of sp³-hybridized carbons (Fsp3) is 0.417. The van der Waals surface area contributed by atoms with Crippen molar-refractivity contribution >= 4 is 33.7 Å². The Kier molecular flexibility index (Phi) is 7.46. The lowest BCUT2D eigenvalue weighted by Crippen LogP contribution is -2.50. The summed E-state index contributed by atoms with van der Waals surface area (Å²) in [7, 11) is 3.31. The smallest absolute Gasteiger partial charge is 0.410 e. The van der Waals surface area contributed by atoms with Crippen molar-refractivity contribution in [2.45, 2.75) is 26.4 Å². The number of piperazine rings is 1. The second-order valence-electron chi connectivity index (χ2n) is 9.15. The van der Waals surface area contributed by atoms with Gasteiger partial charge >= 0.3 is 6.09 Å². The largest absolute Gasteiger partial charge is 0.444 e. The Labute approximate surface area is 207 Å². The molecule has 1 aromatic carbocycles. The van der Waals surface area contributed by atoms with Gasteiger partial charge in [-0.15, -0.1) is 0 Å². The van der Waals surface area contributed by atoms with E-state index in [1.807, 2.05) is 31.7 Å². The number of anilines is 1. The van der Waals surface area contributed by atoms with Crippen LogP contribution in [0.4, 0.5) is 15.0 Å². The SMILES string of the molecule is CN(C)C(=O)c1cc(Br)c(-c2ccc(C#N)c(F)c2)nc1N1CCN(C(=O)OC(C)(C)C)CC1. The average Bonchev–Trinajstić information content (AvgIpc) is 2.77. The molecule has 2 aromatic rings. The number of pyridine rings is 1. The van der Waals surface area contributed by atoms with Gasteiger partial charge in [0.2, 0.25) is 0 Å². The molecule has 0 N–H and O–H groups in total. The number of ether oxygens (including phenoxy) is 1. The molecule has 2 heterocycles. The molecule has 0 atom stereocenters. The number of rotatable bonds is 3. The van der Waals surface area contributed by atoms with Gasteiger partial charge < -0.3 is 19.4 Å². The summed E-state index contributed by atoms with van der Waals surface area (Å²) in [5.41, 5.74) is 0.667. The molecule has 1 aliphatic rings. The van der Waals surface area contributed by atoms with Crippen LogP contribution in [0, 0.1) is 17.1 Å². The zero-order chi connectivity index (χ0) is 25.2. The van der Waals surface area contributed by atoms with Gasteiger partial charge in [0, 0.05) is 50.3 Å². The first-order valence-electron chi connectivity index (χ1n) is 10.8. The Hall–Kier alpha value is -3.19. The number of nitriles is 1. The van der Waals surface area contributed by atoms with Crippen LogP contribution in [0.3, 0.4) is 0 Å². The number of carbonyl (C=O) groups excluding carboxylic acids is 2. The van der Waals surface area contributed by atoms with Gasteiger partial charge in [-0.2, -0.15) is 5.26 Å². The van der Waals surface area contributed by atoms with E-state index in [2.05, 4.69) is 15.9 Å². The molecule has 0 spiro atoms. The van der Waals surface area contributed by atoms with Gasteiger partial charge in [0.25, 0.3) is 5.91 Å². The van der Waals surface area contributed by atoms with E-state index in [1.54, 1.807) is 31.1 Å². The summed E-state index contributed by atoms with van der Waals surface area (Å²) in [6, 6.07) is 7.75. The molecule has 0 radical (unpaired) electrons. The van der Waals surface area contributed by atoms with E-state index < -0.39 is 11.4 Å². The molecule has 1 aromatic heterocycles. The van der Waals surface area contributed by atoms with E-state index in [4.69, 9.17) is 15.0 Å². The van der Waals surface area contributed by atoms with Crippen LogP contribution in [0.2, 0.25) is 0 Å². The highest BCUT2D eigenvalue weighted by atomic mass is 79.9. The third-order valence-corrected chi connectivity index (χ3v) is 5.79. The molecule has 1 saturated heterocycles. The Morgan fingerprint density at radius 3 is 2.35 bits per heavy atom. The van der Waals surface area contributed by atoms with E-state index in [9.17, 15) is 14.0 Å². The summed E-state index contributed by atoms with van der Waals surface area (Å²) in [6.45, 7) is 7.16. The van der Waals surface area contributed by atoms with Gasteiger partial charge in [0.15, 0.2) is 0 Å². The van der Waals surface area contributed by atoms with Crippen molar-refractivity contribution in [3.8, 4) is 17.3 Å². The standard InChI is InChI=1S/C24H27BrFN5O3/c1-24(2,3)34-23(33)31-10-8-30(9-11-31)21-17(22(32)29(4)5)13-18(25)20(28-21)15-6-7-16(14-27)19(26)12-15/h6-7,12-13H,8-11H2,1-5H3. The van der Waals surface area contributed by atoms with Crippen molar-refractivity contribution in [3.05, 3.63) is 45.7 Å². The quantitative estimate of drug-likeness (QED) is 0.587. The minimum absolute atomic E-state index is 0.0576. The minimum atomic E-state index is -0.644. The number of benzene rings is 1. The monoisotopic (exact) mass is 531 g/mol. The van der Waals surface area contributed by atoms with Gasteiger partial charge in [-0.3, -0.25) is 4.79 Å². The first-order valence-corrected chi connectivity index (χ1v) is 11.6. The number of amides is 2. The summed E-state index contributed by atoms with van der Waals surface area (Å²) in [5.74, 6) is -0.421. The average molecular weight is 532 g/mol. The maximum absolute atomic E-state index is 14.3. The predicted molar refractivity (Wildman–Crippen MR) is 130 cm³/mol. The molecule has 10 heteroatoms. The zero-order valence-corrected chi connectivity index (χ0v) is 21.4. The van der Waals surface area contributed by atoms with Gasteiger partial charge in [0.05, 0.1) is 16.8 Å². The van der Waals surface area contributed by atoms with Crippen molar-refractivity contribution in [3.63, 3.8) is 0 Å². The van der Waals surface area contributed by atoms with E-state index in [0.29, 0.717) is 53.3 Å². The van der Waals surface area contributed by atoms with Gasteiger partial charge in [0.1, 0.15) is 23.3 Å². The molecule has 1 fully saturated rings. The molecule has 0 saturated carbocycles. The Morgan fingerprint density at radius 2 is 1.82 bits per heavy atom. The highest BCUT2D eigenvalue weighted by molar-refractivity contribution is 9.10. The minimum Gasteiger partial charge on any atom is -0.444 e. The summed E-state index contributed by atoms with van der Waals surface area (Å²) < 4.78 is 20.3. The van der Waals surface area contributed by atoms with Crippen LogP contribution in [0.15, 0.2) is 28.7 Å². The van der Waals surface area contributed by atoms with Crippen molar-refractivity contribution in [1.82, 2.24) is 14.8 Å². The van der Waals surface area contributed by atoms with Crippen molar-refractivity contribution < 1.29 is 18.7 Å². The van der Waals surface area contributed by atoms with Crippen molar-refractivity contribution in [2.24, 2.45) is 0 Å². The van der Waals surface area contributed by atoms with Crippen molar-refractivity contribution in [1.29, 1.82) is 5.26 Å². The maximum Gasteiger partial charge on any atom is 0.410 e. The summed E-state index contributed by atoms with van der Waals surface area (Å²) in [4.78, 5) is 35.1. The molecule has 3 rings (SSSR count). The third-order valence-electron chi connectivity index (χ3n) is 5.19. The molecule has 0 aliphatic carbocycles. The molecule has 1 aliphatic heterocycles. The molecular formula is C24H27BrFN5O3. The topological polar surface area (TPSA) is 89.8 Å². The first kappa shape index (κ1) is 25.4. The summed E-state index contributed by atoms with van der Waals surface area (Å²) in [5, 5.41) is 9.02. The highest BCUT2D eigenvalue weighted by Gasteiger charge is 2.29. The number of hydrogen-bond donors (Lipinski definition) is 0. The maximum atomic E-state index is 14.3. The third kappa shape index (κ3) is 5.65. The molecule has 34 heavy (non-hydrogen) atoms. The van der Waals surface area contributed by atoms with Crippen LogP contribution in [0.1, 0.15) is 36.7 Å². The fourth-order valence-corrected chi connectivity index (χ4v) is 4.05. The second-order valence-corrected chi connectivity index (χ2v) is 10.0. The first-order chi connectivity index (χ1) is 15.9. The van der Waals surface area contributed by atoms with Crippen LogP contribution in [-0.4, -0.2) is 72.7 Å². The number of halogens is 2.